The minimum atomic E-state index is -4.38. The Bertz CT molecular complexity index is 264. The van der Waals surface area contributed by atoms with E-state index in [0.717, 1.165) is 0 Å². The number of halogens is 3. The van der Waals surface area contributed by atoms with E-state index in [1.54, 1.807) is 13.8 Å². The lowest BCUT2D eigenvalue weighted by atomic mass is 10.1. The van der Waals surface area contributed by atoms with Crippen molar-refractivity contribution < 1.29 is 27.5 Å². The number of carbonyl (C=O) groups excluding carboxylic acids is 2. The van der Waals surface area contributed by atoms with Crippen LogP contribution in [-0.4, -0.2) is 37.6 Å². The lowest BCUT2D eigenvalue weighted by Crippen LogP contribution is -2.32. The Labute approximate surface area is 97.5 Å². The third-order valence-electron chi connectivity index (χ3n) is 1.84. The van der Waals surface area contributed by atoms with E-state index in [9.17, 15) is 22.8 Å². The van der Waals surface area contributed by atoms with Crippen molar-refractivity contribution >= 4 is 11.7 Å². The molecule has 0 bridgehead atoms. The molecule has 0 rings (SSSR count). The SMILES string of the molecule is CC(C)C(=O)CNC(=O)CCOCC(F)(F)F. The molecule has 0 aromatic carbocycles. The molecular weight excluding hydrogens is 239 g/mol. The van der Waals surface area contributed by atoms with Gasteiger partial charge in [0, 0.05) is 12.3 Å². The molecule has 0 aromatic rings. The molecule has 0 spiro atoms. The fraction of sp³-hybridized carbons (Fsp3) is 0.800. The summed E-state index contributed by atoms with van der Waals surface area (Å²) in [5.41, 5.74) is 0. The fourth-order valence-corrected chi connectivity index (χ4v) is 0.831. The topological polar surface area (TPSA) is 55.4 Å². The molecule has 1 amide bonds. The van der Waals surface area contributed by atoms with E-state index in [2.05, 4.69) is 10.1 Å². The number of rotatable bonds is 7. The number of alkyl halides is 3. The van der Waals surface area contributed by atoms with Crippen molar-refractivity contribution in [2.75, 3.05) is 19.8 Å². The second kappa shape index (κ2) is 7.26. The van der Waals surface area contributed by atoms with Gasteiger partial charge in [-0.15, -0.1) is 0 Å². The third-order valence-corrected chi connectivity index (χ3v) is 1.84. The molecule has 0 aromatic heterocycles. The summed E-state index contributed by atoms with van der Waals surface area (Å²) in [6, 6.07) is 0. The molecule has 0 saturated carbocycles. The van der Waals surface area contributed by atoms with Gasteiger partial charge >= 0.3 is 6.18 Å². The van der Waals surface area contributed by atoms with Crippen LogP contribution in [0.5, 0.6) is 0 Å². The molecule has 7 heteroatoms. The molecule has 0 radical (unpaired) electrons. The van der Waals surface area contributed by atoms with Crippen LogP contribution in [0.25, 0.3) is 0 Å². The van der Waals surface area contributed by atoms with Gasteiger partial charge < -0.3 is 10.1 Å². The average Bonchev–Trinajstić information content (AvgIpc) is 2.19. The summed E-state index contributed by atoms with van der Waals surface area (Å²) in [4.78, 5) is 22.2. The summed E-state index contributed by atoms with van der Waals surface area (Å²) in [7, 11) is 0. The van der Waals surface area contributed by atoms with E-state index in [-0.39, 0.29) is 31.3 Å². The molecule has 0 fully saturated rings. The van der Waals surface area contributed by atoms with Crippen molar-refractivity contribution in [1.82, 2.24) is 5.32 Å². The summed E-state index contributed by atoms with van der Waals surface area (Å²) < 4.78 is 39.2. The summed E-state index contributed by atoms with van der Waals surface area (Å²) in [5, 5.41) is 2.31. The zero-order valence-corrected chi connectivity index (χ0v) is 9.76. The van der Waals surface area contributed by atoms with Gasteiger partial charge in [0.05, 0.1) is 13.2 Å². The van der Waals surface area contributed by atoms with Gasteiger partial charge in [0.25, 0.3) is 0 Å². The van der Waals surface area contributed by atoms with E-state index in [1.807, 2.05) is 0 Å². The highest BCUT2D eigenvalue weighted by atomic mass is 19.4. The standard InChI is InChI=1S/C10H16F3NO3/c1-7(2)8(15)5-14-9(16)3-4-17-6-10(11,12)13/h7H,3-6H2,1-2H3,(H,14,16). The normalized spacial score (nSPS) is 11.6. The molecule has 0 unspecified atom stereocenters. The number of ketones is 1. The first-order chi connectivity index (χ1) is 7.72. The van der Waals surface area contributed by atoms with E-state index < -0.39 is 18.7 Å². The van der Waals surface area contributed by atoms with Crippen molar-refractivity contribution in [3.8, 4) is 0 Å². The van der Waals surface area contributed by atoms with Gasteiger partial charge in [-0.3, -0.25) is 9.59 Å². The van der Waals surface area contributed by atoms with Crippen LogP contribution >= 0.6 is 0 Å². The quantitative estimate of drug-likeness (QED) is 0.697. The molecule has 0 aliphatic carbocycles. The second-order valence-electron chi connectivity index (χ2n) is 3.82. The van der Waals surface area contributed by atoms with Crippen LogP contribution in [0.15, 0.2) is 0 Å². The van der Waals surface area contributed by atoms with Crippen LogP contribution in [0, 0.1) is 5.92 Å². The monoisotopic (exact) mass is 255 g/mol. The highest BCUT2D eigenvalue weighted by Crippen LogP contribution is 2.14. The van der Waals surface area contributed by atoms with Crippen molar-refractivity contribution in [1.29, 1.82) is 0 Å². The van der Waals surface area contributed by atoms with Crippen molar-refractivity contribution in [2.45, 2.75) is 26.4 Å². The smallest absolute Gasteiger partial charge is 0.372 e. The number of hydrogen-bond donors (Lipinski definition) is 1. The predicted molar refractivity (Wildman–Crippen MR) is 54.3 cm³/mol. The zero-order valence-electron chi connectivity index (χ0n) is 9.76. The Morgan fingerprint density at radius 1 is 1.29 bits per heavy atom. The Balaban J connectivity index is 3.58. The molecule has 0 aliphatic rings. The minimum Gasteiger partial charge on any atom is -0.372 e. The van der Waals surface area contributed by atoms with Gasteiger partial charge in [-0.1, -0.05) is 13.8 Å². The van der Waals surface area contributed by atoms with E-state index in [1.165, 1.54) is 0 Å². The molecule has 100 valence electrons. The number of nitrogens with one attached hydrogen (secondary N) is 1. The van der Waals surface area contributed by atoms with Crippen LogP contribution in [0.1, 0.15) is 20.3 Å². The third kappa shape index (κ3) is 9.80. The number of ether oxygens (including phenoxy) is 1. The molecule has 4 nitrogen and oxygen atoms in total. The first kappa shape index (κ1) is 15.9. The van der Waals surface area contributed by atoms with Crippen LogP contribution in [0.4, 0.5) is 13.2 Å². The van der Waals surface area contributed by atoms with E-state index >= 15 is 0 Å². The molecule has 0 heterocycles. The van der Waals surface area contributed by atoms with Gasteiger partial charge in [0.1, 0.15) is 6.61 Å². The van der Waals surface area contributed by atoms with Crippen molar-refractivity contribution in [3.05, 3.63) is 0 Å². The van der Waals surface area contributed by atoms with Crippen molar-refractivity contribution in [3.63, 3.8) is 0 Å². The van der Waals surface area contributed by atoms with Crippen LogP contribution < -0.4 is 5.32 Å². The minimum absolute atomic E-state index is 0.101. The summed E-state index contributed by atoms with van der Waals surface area (Å²) >= 11 is 0. The van der Waals surface area contributed by atoms with Crippen molar-refractivity contribution in [2.24, 2.45) is 5.92 Å². The Morgan fingerprint density at radius 2 is 1.88 bits per heavy atom. The Hall–Kier alpha value is -1.11. The fourth-order valence-electron chi connectivity index (χ4n) is 0.831. The lowest BCUT2D eigenvalue weighted by molar-refractivity contribution is -0.174. The van der Waals surface area contributed by atoms with Gasteiger partial charge in [-0.2, -0.15) is 13.2 Å². The summed E-state index contributed by atoms with van der Waals surface area (Å²) in [6.07, 6.45) is -4.58. The lowest BCUT2D eigenvalue weighted by Gasteiger charge is -2.08. The van der Waals surface area contributed by atoms with Crippen LogP contribution in [0.2, 0.25) is 0 Å². The number of amides is 1. The van der Waals surface area contributed by atoms with Gasteiger partial charge in [-0.05, 0) is 0 Å². The molecule has 17 heavy (non-hydrogen) atoms. The first-order valence-electron chi connectivity index (χ1n) is 5.16. The molecule has 0 saturated heterocycles. The average molecular weight is 255 g/mol. The Morgan fingerprint density at radius 3 is 2.35 bits per heavy atom. The largest absolute Gasteiger partial charge is 0.411 e. The zero-order chi connectivity index (χ0) is 13.5. The van der Waals surface area contributed by atoms with Gasteiger partial charge in [0.15, 0.2) is 5.78 Å². The maximum absolute atomic E-state index is 11.7. The highest BCUT2D eigenvalue weighted by Gasteiger charge is 2.27. The van der Waals surface area contributed by atoms with Gasteiger partial charge in [0.2, 0.25) is 5.91 Å². The maximum atomic E-state index is 11.7. The molecule has 1 N–H and O–H groups in total. The molecular formula is C10H16F3NO3. The predicted octanol–water partition coefficient (Wildman–Crippen LogP) is 1.30. The molecule has 0 aliphatic heterocycles. The van der Waals surface area contributed by atoms with Crippen LogP contribution in [-0.2, 0) is 14.3 Å². The number of Topliss-reactive ketones (excluding diaryl/α,β-unsaturated/α-hetero) is 1. The molecule has 0 atom stereocenters. The second-order valence-corrected chi connectivity index (χ2v) is 3.82. The van der Waals surface area contributed by atoms with Gasteiger partial charge in [-0.25, -0.2) is 0 Å². The first-order valence-corrected chi connectivity index (χ1v) is 5.16. The summed E-state index contributed by atoms with van der Waals surface area (Å²) in [5.74, 6) is -0.812. The summed E-state index contributed by atoms with van der Waals surface area (Å²) in [6.45, 7) is 1.60. The van der Waals surface area contributed by atoms with E-state index in [0.29, 0.717) is 0 Å². The Kier molecular flexibility index (Phi) is 6.79. The van der Waals surface area contributed by atoms with Crippen LogP contribution in [0.3, 0.4) is 0 Å². The number of hydrogen-bond acceptors (Lipinski definition) is 3. The maximum Gasteiger partial charge on any atom is 0.411 e. The highest BCUT2D eigenvalue weighted by molar-refractivity contribution is 5.87. The van der Waals surface area contributed by atoms with E-state index in [4.69, 9.17) is 0 Å². The number of carbonyl (C=O) groups is 2.